The Labute approximate surface area is 146 Å². The third kappa shape index (κ3) is 4.61. The number of aromatic nitrogens is 1. The van der Waals surface area contributed by atoms with Gasteiger partial charge in [0.2, 0.25) is 0 Å². The number of nitrogens with one attached hydrogen (secondary N) is 1. The van der Waals surface area contributed by atoms with Crippen LogP contribution in [0.2, 0.25) is 0 Å². The summed E-state index contributed by atoms with van der Waals surface area (Å²) in [5.74, 6) is 1.45. The van der Waals surface area contributed by atoms with Gasteiger partial charge in [-0.2, -0.15) is 4.98 Å². The van der Waals surface area contributed by atoms with Crippen molar-refractivity contribution >= 4 is 0 Å². The zero-order chi connectivity index (χ0) is 16.9. The smallest absolute Gasteiger partial charge is 0.399 e. The van der Waals surface area contributed by atoms with Gasteiger partial charge in [0, 0.05) is 12.6 Å². The van der Waals surface area contributed by atoms with Crippen LogP contribution < -0.4 is 14.8 Å². The maximum atomic E-state index is 5.76. The molecule has 0 spiro atoms. The van der Waals surface area contributed by atoms with Gasteiger partial charge in [0.1, 0.15) is 24.4 Å². The number of rotatable bonds is 8. The van der Waals surface area contributed by atoms with E-state index in [9.17, 15) is 0 Å². The second-order valence-corrected chi connectivity index (χ2v) is 6.11. The largest absolute Gasteiger partial charge is 0.489 e. The molecule has 1 aliphatic carbocycles. The molecular formula is C20H20N2O3. The molecule has 0 aliphatic heterocycles. The first kappa shape index (κ1) is 15.7. The number of hydrogen-bond donors (Lipinski definition) is 1. The molecule has 25 heavy (non-hydrogen) atoms. The van der Waals surface area contributed by atoms with Gasteiger partial charge in [-0.3, -0.25) is 0 Å². The topological polar surface area (TPSA) is 56.5 Å². The van der Waals surface area contributed by atoms with Crippen LogP contribution in [-0.4, -0.2) is 11.0 Å². The Kier molecular flexibility index (Phi) is 4.65. The third-order valence-corrected chi connectivity index (χ3v) is 3.96. The number of hydrogen-bond acceptors (Lipinski definition) is 5. The fraction of sp³-hybridized carbons (Fsp3) is 0.250. The summed E-state index contributed by atoms with van der Waals surface area (Å²) in [4.78, 5) is 4.32. The highest BCUT2D eigenvalue weighted by Crippen LogP contribution is 2.24. The third-order valence-electron chi connectivity index (χ3n) is 3.96. The van der Waals surface area contributed by atoms with Gasteiger partial charge in [-0.15, -0.1) is 0 Å². The van der Waals surface area contributed by atoms with Gasteiger partial charge >= 0.3 is 6.08 Å². The Morgan fingerprint density at radius 2 is 1.76 bits per heavy atom. The van der Waals surface area contributed by atoms with Crippen molar-refractivity contribution in [3.8, 4) is 17.6 Å². The van der Waals surface area contributed by atoms with Gasteiger partial charge in [0.05, 0.1) is 5.69 Å². The monoisotopic (exact) mass is 336 g/mol. The lowest BCUT2D eigenvalue weighted by molar-refractivity contribution is 0.304. The van der Waals surface area contributed by atoms with Crippen LogP contribution in [0.5, 0.6) is 17.6 Å². The number of benzene rings is 2. The van der Waals surface area contributed by atoms with E-state index in [-0.39, 0.29) is 6.08 Å². The summed E-state index contributed by atoms with van der Waals surface area (Å²) in [6.45, 7) is 1.25. The van der Waals surface area contributed by atoms with Crippen molar-refractivity contribution in [3.05, 3.63) is 72.1 Å². The average molecular weight is 336 g/mol. The summed E-state index contributed by atoms with van der Waals surface area (Å²) < 4.78 is 16.7. The predicted molar refractivity (Wildman–Crippen MR) is 93.7 cm³/mol. The minimum atomic E-state index is 0.255. The molecule has 3 aromatic rings. The molecule has 1 N–H and O–H groups in total. The van der Waals surface area contributed by atoms with Crippen LogP contribution in [0, 0.1) is 0 Å². The van der Waals surface area contributed by atoms with Crippen molar-refractivity contribution in [2.45, 2.75) is 32.0 Å². The molecular weight excluding hydrogens is 316 g/mol. The van der Waals surface area contributed by atoms with Gasteiger partial charge in [-0.05, 0) is 42.7 Å². The number of oxazole rings is 1. The average Bonchev–Trinajstić information content (AvgIpc) is 3.39. The number of ether oxygens (including phenoxy) is 2. The molecule has 128 valence electrons. The van der Waals surface area contributed by atoms with E-state index in [1.807, 2.05) is 54.6 Å². The van der Waals surface area contributed by atoms with E-state index in [1.165, 1.54) is 12.8 Å². The summed E-state index contributed by atoms with van der Waals surface area (Å²) >= 11 is 0. The van der Waals surface area contributed by atoms with Crippen LogP contribution >= 0.6 is 0 Å². The van der Waals surface area contributed by atoms with E-state index in [2.05, 4.69) is 10.3 Å². The van der Waals surface area contributed by atoms with Crippen molar-refractivity contribution in [1.29, 1.82) is 0 Å². The first-order chi connectivity index (χ1) is 12.3. The minimum Gasteiger partial charge on any atom is -0.489 e. The summed E-state index contributed by atoms with van der Waals surface area (Å²) in [5.41, 5.74) is 1.99. The molecule has 0 bridgehead atoms. The Bertz CT molecular complexity index is 795. The molecule has 0 saturated heterocycles. The van der Waals surface area contributed by atoms with Gasteiger partial charge in [0.25, 0.3) is 0 Å². The quantitative estimate of drug-likeness (QED) is 0.665. The lowest BCUT2D eigenvalue weighted by Crippen LogP contribution is -2.15. The molecule has 2 aromatic carbocycles. The van der Waals surface area contributed by atoms with Gasteiger partial charge in [-0.25, -0.2) is 0 Å². The van der Waals surface area contributed by atoms with Crippen molar-refractivity contribution in [1.82, 2.24) is 10.3 Å². The van der Waals surface area contributed by atoms with Crippen LogP contribution in [0.4, 0.5) is 0 Å². The zero-order valence-corrected chi connectivity index (χ0v) is 13.9. The molecule has 5 heteroatoms. The Balaban J connectivity index is 1.29. The summed E-state index contributed by atoms with van der Waals surface area (Å²) in [6.07, 6.45) is 4.38. The highest BCUT2D eigenvalue weighted by atomic mass is 16.6. The van der Waals surface area contributed by atoms with Crippen molar-refractivity contribution in [2.75, 3.05) is 0 Å². The van der Waals surface area contributed by atoms with E-state index in [1.54, 1.807) is 6.26 Å². The Hall–Kier alpha value is -2.79. The Morgan fingerprint density at radius 1 is 1.00 bits per heavy atom. The lowest BCUT2D eigenvalue weighted by atomic mass is 10.2. The normalized spacial score (nSPS) is 13.6. The molecule has 0 atom stereocenters. The molecule has 1 saturated carbocycles. The van der Waals surface area contributed by atoms with E-state index in [4.69, 9.17) is 13.9 Å². The standard InChI is InChI=1S/C20H20N2O3/c1-2-4-15(5-3-1)13-23-18-8-10-19(11-9-18)25-20-22-17(14-24-20)12-21-16-6-7-16/h1-5,8-11,14,16,21H,6-7,12-13H2. The van der Waals surface area contributed by atoms with Gasteiger partial charge in [0.15, 0.2) is 0 Å². The fourth-order valence-electron chi connectivity index (χ4n) is 2.40. The van der Waals surface area contributed by atoms with Gasteiger partial charge in [-0.1, -0.05) is 30.3 Å². The van der Waals surface area contributed by atoms with Crippen molar-refractivity contribution in [2.24, 2.45) is 0 Å². The molecule has 0 unspecified atom stereocenters. The van der Waals surface area contributed by atoms with Crippen LogP contribution in [0.3, 0.4) is 0 Å². The Morgan fingerprint density at radius 3 is 2.52 bits per heavy atom. The molecule has 0 radical (unpaired) electrons. The molecule has 1 heterocycles. The lowest BCUT2D eigenvalue weighted by Gasteiger charge is -2.07. The minimum absolute atomic E-state index is 0.255. The van der Waals surface area contributed by atoms with Crippen molar-refractivity contribution in [3.63, 3.8) is 0 Å². The highest BCUT2D eigenvalue weighted by molar-refractivity contribution is 5.32. The van der Waals surface area contributed by atoms with Crippen LogP contribution in [0.15, 0.2) is 65.3 Å². The molecule has 4 rings (SSSR count). The van der Waals surface area contributed by atoms with Crippen LogP contribution in [0.1, 0.15) is 24.1 Å². The molecule has 1 aromatic heterocycles. The first-order valence-corrected chi connectivity index (χ1v) is 8.47. The maximum absolute atomic E-state index is 5.76. The molecule has 1 fully saturated rings. The highest BCUT2D eigenvalue weighted by Gasteiger charge is 2.20. The second kappa shape index (κ2) is 7.40. The number of nitrogens with zero attached hydrogens (tertiary/aromatic N) is 1. The summed E-state index contributed by atoms with van der Waals surface area (Å²) in [6, 6.07) is 18.1. The van der Waals surface area contributed by atoms with E-state index in [0.717, 1.165) is 17.0 Å². The fourth-order valence-corrected chi connectivity index (χ4v) is 2.40. The molecule has 1 aliphatic rings. The predicted octanol–water partition coefficient (Wildman–Crippen LogP) is 4.30. The van der Waals surface area contributed by atoms with Crippen LogP contribution in [0.25, 0.3) is 0 Å². The SMILES string of the molecule is c1ccc(COc2ccc(Oc3nc(CNC4CC4)co3)cc2)cc1. The maximum Gasteiger partial charge on any atom is 0.399 e. The van der Waals surface area contributed by atoms with E-state index >= 15 is 0 Å². The van der Waals surface area contributed by atoms with E-state index in [0.29, 0.717) is 24.9 Å². The van der Waals surface area contributed by atoms with Crippen molar-refractivity contribution < 1.29 is 13.9 Å². The first-order valence-electron chi connectivity index (χ1n) is 8.47. The van der Waals surface area contributed by atoms with E-state index < -0.39 is 0 Å². The second-order valence-electron chi connectivity index (χ2n) is 6.11. The summed E-state index contributed by atoms with van der Waals surface area (Å²) in [7, 11) is 0. The molecule has 5 nitrogen and oxygen atoms in total. The molecule has 0 amide bonds. The summed E-state index contributed by atoms with van der Waals surface area (Å²) in [5, 5.41) is 3.39. The zero-order valence-electron chi connectivity index (χ0n) is 13.9. The van der Waals surface area contributed by atoms with Crippen LogP contribution in [-0.2, 0) is 13.2 Å². The van der Waals surface area contributed by atoms with Gasteiger partial charge < -0.3 is 19.2 Å².